The van der Waals surface area contributed by atoms with Gasteiger partial charge in [-0.05, 0) is 62.1 Å². The van der Waals surface area contributed by atoms with Crippen molar-refractivity contribution < 1.29 is 24.5 Å². The minimum atomic E-state index is -0.431. The number of ether oxygens (including phenoxy) is 2. The highest BCUT2D eigenvalue weighted by Crippen LogP contribution is 2.42. The minimum absolute atomic E-state index is 0.0165. The fourth-order valence-corrected chi connectivity index (χ4v) is 6.90. The van der Waals surface area contributed by atoms with Crippen molar-refractivity contribution in [2.75, 3.05) is 13.7 Å². The van der Waals surface area contributed by atoms with Crippen molar-refractivity contribution in [2.45, 2.75) is 44.8 Å². The van der Waals surface area contributed by atoms with E-state index in [0.717, 1.165) is 55.9 Å². The van der Waals surface area contributed by atoms with Gasteiger partial charge in [0.1, 0.15) is 23.8 Å². The zero-order chi connectivity index (χ0) is 32.4. The Morgan fingerprint density at radius 1 is 1.02 bits per heavy atom. The van der Waals surface area contributed by atoms with Crippen molar-refractivity contribution in [1.29, 1.82) is 0 Å². The number of hydrogen-bond acceptors (Lipinski definition) is 8. The van der Waals surface area contributed by atoms with Crippen LogP contribution in [0.15, 0.2) is 36.4 Å². The highest BCUT2D eigenvalue weighted by Gasteiger charge is 2.27. The van der Waals surface area contributed by atoms with Crippen molar-refractivity contribution in [2.24, 2.45) is 21.1 Å². The molecule has 3 heterocycles. The summed E-state index contributed by atoms with van der Waals surface area (Å²) >= 11 is 8.63. The number of fused-ring (bicyclic) bond motifs is 1. The van der Waals surface area contributed by atoms with Crippen LogP contribution < -0.4 is 4.74 Å². The quantitative estimate of drug-likeness (QED) is 0.158. The number of aliphatic hydroxyl groups is 1. The Morgan fingerprint density at radius 3 is 2.51 bits per heavy atom. The topological polar surface area (TPSA) is 117 Å². The Kier molecular flexibility index (Phi) is 9.81. The van der Waals surface area contributed by atoms with Crippen LogP contribution in [0.2, 0.25) is 5.02 Å². The number of aromatic hydroxyl groups is 1. The Bertz CT molecular complexity index is 1860. The van der Waals surface area contributed by atoms with Gasteiger partial charge >= 0.3 is 5.97 Å². The molecule has 12 heteroatoms. The number of benzene rings is 2. The van der Waals surface area contributed by atoms with Gasteiger partial charge in [0.05, 0.1) is 34.7 Å². The number of aryl methyl sites for hydroxylation is 5. The summed E-state index contributed by atoms with van der Waals surface area (Å²) in [6.45, 7) is 4.27. The van der Waals surface area contributed by atoms with E-state index in [1.165, 1.54) is 7.11 Å². The van der Waals surface area contributed by atoms with Crippen molar-refractivity contribution in [3.05, 3.63) is 81.0 Å². The van der Waals surface area contributed by atoms with E-state index in [4.69, 9.17) is 26.2 Å². The Hall–Kier alpha value is -3.93. The number of esters is 1. The fraction of sp³-hybridized carbons (Fsp3) is 0.364. The van der Waals surface area contributed by atoms with Gasteiger partial charge in [0.2, 0.25) is 0 Å². The Morgan fingerprint density at radius 2 is 1.80 bits per heavy atom. The second-order valence-corrected chi connectivity index (χ2v) is 12.5. The summed E-state index contributed by atoms with van der Waals surface area (Å²) in [5.74, 6) is 1.62. The molecule has 0 amide bonds. The summed E-state index contributed by atoms with van der Waals surface area (Å²) in [6.07, 6.45) is 1.05. The molecule has 3 aromatic heterocycles. The summed E-state index contributed by atoms with van der Waals surface area (Å²) < 4.78 is 16.6. The lowest BCUT2D eigenvalue weighted by Crippen LogP contribution is -2.10. The molecular weight excluding hydrogens is 614 g/mol. The van der Waals surface area contributed by atoms with Crippen molar-refractivity contribution >= 4 is 40.2 Å². The minimum Gasteiger partial charge on any atom is -0.508 e. The van der Waals surface area contributed by atoms with Gasteiger partial charge in [-0.25, -0.2) is 4.79 Å². The largest absolute Gasteiger partial charge is 0.508 e. The fourth-order valence-electron chi connectivity index (χ4n) is 5.81. The second kappa shape index (κ2) is 13.6. The average Bonchev–Trinajstić information content (AvgIpc) is 3.59. The van der Waals surface area contributed by atoms with Crippen LogP contribution in [0.25, 0.3) is 22.0 Å². The summed E-state index contributed by atoms with van der Waals surface area (Å²) in [5.41, 5.74) is 8.46. The van der Waals surface area contributed by atoms with E-state index in [2.05, 4.69) is 5.10 Å². The number of carbonyl (C=O) groups excluding carboxylic acids is 1. The summed E-state index contributed by atoms with van der Waals surface area (Å²) in [4.78, 5) is 12.9. The molecule has 0 aliphatic heterocycles. The highest BCUT2D eigenvalue weighted by atomic mass is 35.5. The zero-order valence-electron chi connectivity index (χ0n) is 26.3. The molecule has 10 nitrogen and oxygen atoms in total. The molecule has 2 aromatic carbocycles. The number of nitrogens with zero attached hydrogens (tertiary/aromatic N) is 5. The van der Waals surface area contributed by atoms with Crippen molar-refractivity contribution in [3.8, 4) is 22.6 Å². The van der Waals surface area contributed by atoms with Crippen molar-refractivity contribution in [3.63, 3.8) is 0 Å². The molecule has 0 aliphatic rings. The third-order valence-corrected chi connectivity index (χ3v) is 9.26. The first-order chi connectivity index (χ1) is 21.5. The normalized spacial score (nSPS) is 11.5. The van der Waals surface area contributed by atoms with Gasteiger partial charge in [0, 0.05) is 67.5 Å². The van der Waals surface area contributed by atoms with Gasteiger partial charge in [-0.2, -0.15) is 10.2 Å². The van der Waals surface area contributed by atoms with Crippen molar-refractivity contribution in [1.82, 2.24) is 24.1 Å². The van der Waals surface area contributed by atoms with Gasteiger partial charge < -0.3 is 24.3 Å². The number of rotatable bonds is 12. The maximum Gasteiger partial charge on any atom is 0.354 e. The van der Waals surface area contributed by atoms with Crippen LogP contribution in [-0.4, -0.2) is 54.0 Å². The lowest BCUT2D eigenvalue weighted by atomic mass is 9.98. The number of thioether (sulfide) groups is 1. The van der Waals surface area contributed by atoms with Gasteiger partial charge in [0.25, 0.3) is 0 Å². The first kappa shape index (κ1) is 32.5. The number of halogens is 1. The van der Waals surface area contributed by atoms with E-state index in [1.54, 1.807) is 23.9 Å². The van der Waals surface area contributed by atoms with E-state index < -0.39 is 5.97 Å². The third-order valence-electron chi connectivity index (χ3n) is 7.97. The Balaban J connectivity index is 1.42. The van der Waals surface area contributed by atoms with Crippen LogP contribution in [0.1, 0.15) is 50.8 Å². The van der Waals surface area contributed by atoms with Gasteiger partial charge in [-0.15, -0.1) is 11.8 Å². The molecular formula is C33H38ClN5O5S. The smallest absolute Gasteiger partial charge is 0.354 e. The molecule has 0 atom stereocenters. The molecule has 0 spiro atoms. The lowest BCUT2D eigenvalue weighted by molar-refractivity contribution is 0.0589. The third kappa shape index (κ3) is 6.56. The maximum atomic E-state index is 12.9. The molecule has 2 N–H and O–H groups in total. The second-order valence-electron chi connectivity index (χ2n) is 11.1. The van der Waals surface area contributed by atoms with E-state index in [-0.39, 0.29) is 12.4 Å². The van der Waals surface area contributed by atoms with Crippen LogP contribution in [0.4, 0.5) is 0 Å². The zero-order valence-corrected chi connectivity index (χ0v) is 27.9. The van der Waals surface area contributed by atoms with Crippen LogP contribution in [0, 0.1) is 13.8 Å². The SMILES string of the molecule is COC(=O)c1c(CCCO)c2ccc(Cl)c(-c3c(CSCc4cc(COc5cc(C)cc(O)c5)n(C)n4)nn(C)c3C)c2n1C. The number of phenolic OH excluding ortho intramolecular Hbond substituents is 1. The molecule has 238 valence electrons. The van der Waals surface area contributed by atoms with Crippen LogP contribution in [0.3, 0.4) is 0 Å². The summed E-state index contributed by atoms with van der Waals surface area (Å²) in [6, 6.07) is 11.0. The number of phenols is 1. The molecule has 0 radical (unpaired) electrons. The standard InChI is InChI=1S/C33H38ClN5O5S/c1-19-12-23(41)15-24(13-19)44-16-22-14-21(35-39(22)5)17-45-18-28-29(20(2)38(4)36-28)30-27(34)10-9-26-25(8-7-11-40)32(33(42)43-6)37(3)31(26)30/h9-10,12-15,40-41H,7-8,11,16-18H2,1-6H3. The van der Waals surface area contributed by atoms with Crippen LogP contribution >= 0.6 is 23.4 Å². The van der Waals surface area contributed by atoms with Gasteiger partial charge in [-0.3, -0.25) is 9.36 Å². The first-order valence-electron chi connectivity index (χ1n) is 14.6. The molecule has 0 bridgehead atoms. The van der Waals surface area contributed by atoms with E-state index >= 15 is 0 Å². The van der Waals surface area contributed by atoms with E-state index in [9.17, 15) is 15.0 Å². The summed E-state index contributed by atoms with van der Waals surface area (Å²) in [7, 11) is 7.02. The van der Waals surface area contributed by atoms with Gasteiger partial charge in [0.15, 0.2) is 0 Å². The van der Waals surface area contributed by atoms with E-state index in [1.807, 2.05) is 73.2 Å². The molecule has 0 fully saturated rings. The van der Waals surface area contributed by atoms with E-state index in [0.29, 0.717) is 47.4 Å². The van der Waals surface area contributed by atoms with Gasteiger partial charge in [-0.1, -0.05) is 17.7 Å². The lowest BCUT2D eigenvalue weighted by Gasteiger charge is -2.11. The van der Waals surface area contributed by atoms with Crippen LogP contribution in [0.5, 0.6) is 11.5 Å². The molecule has 0 saturated heterocycles. The number of carbonyl (C=O) groups is 1. The molecule has 0 unspecified atom stereocenters. The molecule has 5 aromatic rings. The number of aliphatic hydroxyl groups excluding tert-OH is 1. The molecule has 0 aliphatic carbocycles. The first-order valence-corrected chi connectivity index (χ1v) is 16.1. The summed E-state index contributed by atoms with van der Waals surface area (Å²) in [5, 5.41) is 30.4. The predicted molar refractivity (Wildman–Crippen MR) is 177 cm³/mol. The monoisotopic (exact) mass is 651 g/mol. The number of methoxy groups -OCH3 is 1. The highest BCUT2D eigenvalue weighted by molar-refractivity contribution is 7.97. The number of aromatic nitrogens is 5. The predicted octanol–water partition coefficient (Wildman–Crippen LogP) is 6.01. The molecule has 5 rings (SSSR count). The Labute approximate surface area is 271 Å². The molecule has 0 saturated carbocycles. The number of hydrogen-bond donors (Lipinski definition) is 2. The maximum absolute atomic E-state index is 12.9. The van der Waals surface area contributed by atoms with Crippen LogP contribution in [-0.2, 0) is 50.4 Å². The average molecular weight is 652 g/mol. The molecule has 45 heavy (non-hydrogen) atoms.